The minimum absolute atomic E-state index is 0.871. The van der Waals surface area contributed by atoms with E-state index in [-0.39, 0.29) is 0 Å². The zero-order valence-electron chi connectivity index (χ0n) is 27.5. The molecular formula is C48H29NOS. The Kier molecular flexibility index (Phi) is 6.16. The second-order valence-electron chi connectivity index (χ2n) is 13.3. The predicted molar refractivity (Wildman–Crippen MR) is 219 cm³/mol. The van der Waals surface area contributed by atoms with Crippen LogP contribution in [0.25, 0.3) is 85.6 Å². The fraction of sp³-hybridized carbons (Fsp3) is 0. The highest BCUT2D eigenvalue weighted by atomic mass is 32.1. The minimum Gasteiger partial charge on any atom is -0.455 e. The van der Waals surface area contributed by atoms with Crippen LogP contribution >= 0.6 is 11.3 Å². The zero-order valence-corrected chi connectivity index (χ0v) is 28.3. The number of rotatable bonds is 4. The first-order valence-corrected chi connectivity index (χ1v) is 18.1. The van der Waals surface area contributed by atoms with E-state index in [0.717, 1.165) is 44.4 Å². The molecule has 0 atom stereocenters. The molecular weight excluding hydrogens is 639 g/mol. The Morgan fingerprint density at radius 2 is 1.04 bits per heavy atom. The van der Waals surface area contributed by atoms with Crippen molar-refractivity contribution in [3.8, 4) is 11.1 Å². The van der Waals surface area contributed by atoms with Gasteiger partial charge in [0.2, 0.25) is 0 Å². The fourth-order valence-electron chi connectivity index (χ4n) is 8.01. The Hall–Kier alpha value is -6.42. The summed E-state index contributed by atoms with van der Waals surface area (Å²) in [6, 6.07) is 63.8. The topological polar surface area (TPSA) is 16.4 Å². The van der Waals surface area contributed by atoms with Crippen LogP contribution in [-0.4, -0.2) is 0 Å². The summed E-state index contributed by atoms with van der Waals surface area (Å²) in [7, 11) is 0. The van der Waals surface area contributed by atoms with Crippen molar-refractivity contribution in [1.29, 1.82) is 0 Å². The van der Waals surface area contributed by atoms with Crippen molar-refractivity contribution in [3.05, 3.63) is 176 Å². The lowest BCUT2D eigenvalue weighted by Crippen LogP contribution is -2.10. The maximum Gasteiger partial charge on any atom is 0.143 e. The smallest absolute Gasteiger partial charge is 0.143 e. The number of fused-ring (bicyclic) bond motifs is 10. The monoisotopic (exact) mass is 667 g/mol. The van der Waals surface area contributed by atoms with E-state index in [1.807, 2.05) is 11.3 Å². The van der Waals surface area contributed by atoms with E-state index in [2.05, 4.69) is 181 Å². The van der Waals surface area contributed by atoms with Crippen molar-refractivity contribution in [1.82, 2.24) is 0 Å². The molecule has 238 valence electrons. The molecule has 11 rings (SSSR count). The average molecular weight is 668 g/mol. The van der Waals surface area contributed by atoms with Gasteiger partial charge in [-0.05, 0) is 98.7 Å². The minimum atomic E-state index is 0.871. The van der Waals surface area contributed by atoms with Crippen LogP contribution in [0, 0.1) is 0 Å². The predicted octanol–water partition coefficient (Wildman–Crippen LogP) is 14.6. The van der Waals surface area contributed by atoms with Gasteiger partial charge in [-0.3, -0.25) is 0 Å². The summed E-state index contributed by atoms with van der Waals surface area (Å²) in [5.74, 6) is 0. The van der Waals surface area contributed by atoms with Crippen LogP contribution < -0.4 is 4.90 Å². The number of hydrogen-bond acceptors (Lipinski definition) is 3. The van der Waals surface area contributed by atoms with Crippen LogP contribution in [0.15, 0.2) is 180 Å². The summed E-state index contributed by atoms with van der Waals surface area (Å²) in [6.45, 7) is 0. The van der Waals surface area contributed by atoms with Crippen molar-refractivity contribution < 1.29 is 4.42 Å². The molecule has 9 aromatic carbocycles. The van der Waals surface area contributed by atoms with Gasteiger partial charge in [0.1, 0.15) is 11.2 Å². The normalized spacial score (nSPS) is 11.9. The molecule has 0 saturated heterocycles. The quantitative estimate of drug-likeness (QED) is 0.186. The van der Waals surface area contributed by atoms with Gasteiger partial charge in [-0.15, -0.1) is 11.3 Å². The Balaban J connectivity index is 1.21. The molecule has 2 heterocycles. The molecule has 0 N–H and O–H groups in total. The maximum absolute atomic E-state index is 6.85. The van der Waals surface area contributed by atoms with Crippen LogP contribution in [0.1, 0.15) is 0 Å². The molecule has 0 fully saturated rings. The van der Waals surface area contributed by atoms with E-state index in [9.17, 15) is 0 Å². The second-order valence-corrected chi connectivity index (χ2v) is 14.4. The summed E-state index contributed by atoms with van der Waals surface area (Å²) in [5, 5.41) is 12.0. The molecule has 0 spiro atoms. The summed E-state index contributed by atoms with van der Waals surface area (Å²) in [6.07, 6.45) is 0. The molecule has 0 unspecified atom stereocenters. The summed E-state index contributed by atoms with van der Waals surface area (Å²) >= 11 is 1.86. The Bertz CT molecular complexity index is 3090. The molecule has 0 saturated carbocycles. The maximum atomic E-state index is 6.85. The van der Waals surface area contributed by atoms with Crippen molar-refractivity contribution in [2.75, 3.05) is 4.90 Å². The third-order valence-electron chi connectivity index (χ3n) is 10.4. The third kappa shape index (κ3) is 4.42. The third-order valence-corrected chi connectivity index (χ3v) is 11.5. The van der Waals surface area contributed by atoms with Gasteiger partial charge in [0, 0.05) is 42.3 Å². The van der Waals surface area contributed by atoms with E-state index >= 15 is 0 Å². The van der Waals surface area contributed by atoms with Crippen LogP contribution in [0.3, 0.4) is 0 Å². The van der Waals surface area contributed by atoms with E-state index < -0.39 is 0 Å². The lowest BCUT2D eigenvalue weighted by Gasteiger charge is -2.27. The van der Waals surface area contributed by atoms with E-state index in [4.69, 9.17) is 4.42 Å². The molecule has 51 heavy (non-hydrogen) atoms. The van der Waals surface area contributed by atoms with E-state index in [1.54, 1.807) is 0 Å². The molecule has 0 aliphatic rings. The van der Waals surface area contributed by atoms with Crippen molar-refractivity contribution in [3.63, 3.8) is 0 Å². The molecule has 2 aromatic heterocycles. The SMILES string of the molecule is c1ccc2cc(N(c3ccc4ccccc4c3)c3cccc4oc5c6ccccc6c(-c6ccc7sc8ccccc8c7c6)cc5c34)ccc2c1. The van der Waals surface area contributed by atoms with Gasteiger partial charge < -0.3 is 9.32 Å². The number of benzene rings is 9. The first-order chi connectivity index (χ1) is 25.3. The van der Waals surface area contributed by atoms with Crippen LogP contribution in [0.4, 0.5) is 17.1 Å². The number of thiophene rings is 1. The highest BCUT2D eigenvalue weighted by molar-refractivity contribution is 7.25. The number of nitrogens with zero attached hydrogens (tertiary/aromatic N) is 1. The first kappa shape index (κ1) is 28.4. The van der Waals surface area contributed by atoms with Gasteiger partial charge >= 0.3 is 0 Å². The lowest BCUT2D eigenvalue weighted by molar-refractivity contribution is 0.672. The second kappa shape index (κ2) is 11.0. The fourth-order valence-corrected chi connectivity index (χ4v) is 9.09. The van der Waals surface area contributed by atoms with Crippen LogP contribution in [-0.2, 0) is 0 Å². The van der Waals surface area contributed by atoms with Gasteiger partial charge in [-0.1, -0.05) is 115 Å². The lowest BCUT2D eigenvalue weighted by atomic mass is 9.94. The first-order valence-electron chi connectivity index (χ1n) is 17.3. The number of furan rings is 1. The molecule has 11 aromatic rings. The average Bonchev–Trinajstić information content (AvgIpc) is 3.76. The summed E-state index contributed by atoms with van der Waals surface area (Å²) in [4.78, 5) is 2.40. The highest BCUT2D eigenvalue weighted by Crippen LogP contribution is 2.47. The van der Waals surface area contributed by atoms with Crippen LogP contribution in [0.5, 0.6) is 0 Å². The van der Waals surface area contributed by atoms with Crippen molar-refractivity contribution in [2.24, 2.45) is 0 Å². The Morgan fingerprint density at radius 3 is 1.78 bits per heavy atom. The van der Waals surface area contributed by atoms with Crippen molar-refractivity contribution >= 4 is 103 Å². The number of anilines is 3. The molecule has 3 heteroatoms. The van der Waals surface area contributed by atoms with Crippen molar-refractivity contribution in [2.45, 2.75) is 0 Å². The highest BCUT2D eigenvalue weighted by Gasteiger charge is 2.22. The Morgan fingerprint density at radius 1 is 0.412 bits per heavy atom. The molecule has 0 aliphatic carbocycles. The standard InChI is InChI=1S/C48H29NOS/c1-3-12-32-26-35(23-20-30(32)10-1)49(36-24-21-31-11-2-4-13-33(31)27-36)43-17-9-18-44-47(43)42-29-40(37-14-5-6-16-39(37)48(42)50-44)34-22-25-46-41(28-34)38-15-7-8-19-45(38)51-46/h1-29H. The molecule has 2 nitrogen and oxygen atoms in total. The number of hydrogen-bond donors (Lipinski definition) is 0. The van der Waals surface area contributed by atoms with Gasteiger partial charge in [-0.25, -0.2) is 0 Å². The van der Waals surface area contributed by atoms with E-state index in [1.165, 1.54) is 58.2 Å². The Labute approximate surface area is 298 Å². The van der Waals surface area contributed by atoms with Crippen LogP contribution in [0.2, 0.25) is 0 Å². The largest absolute Gasteiger partial charge is 0.455 e. The molecule has 0 radical (unpaired) electrons. The van der Waals surface area contributed by atoms with E-state index in [0.29, 0.717) is 0 Å². The van der Waals surface area contributed by atoms with Gasteiger partial charge in [0.15, 0.2) is 0 Å². The molecule has 0 amide bonds. The molecule has 0 bridgehead atoms. The zero-order chi connectivity index (χ0) is 33.5. The van der Waals surface area contributed by atoms with Gasteiger partial charge in [-0.2, -0.15) is 0 Å². The molecule has 0 aliphatic heterocycles. The van der Waals surface area contributed by atoms with Gasteiger partial charge in [0.05, 0.1) is 11.1 Å². The van der Waals surface area contributed by atoms with Gasteiger partial charge in [0.25, 0.3) is 0 Å². The summed E-state index contributed by atoms with van der Waals surface area (Å²) in [5.41, 5.74) is 7.47. The summed E-state index contributed by atoms with van der Waals surface area (Å²) < 4.78 is 9.48.